The number of ketones is 1. The maximum Gasteiger partial charge on any atom is 0.169 e. The Morgan fingerprint density at radius 1 is 1.14 bits per heavy atom. The van der Waals surface area contributed by atoms with Crippen molar-refractivity contribution in [3.8, 4) is 5.75 Å². The monoisotopic (exact) mass is 352 g/mol. The summed E-state index contributed by atoms with van der Waals surface area (Å²) < 4.78 is 6.53. The molecule has 116 valence electrons. The molecule has 3 heteroatoms. The van der Waals surface area contributed by atoms with Crippen molar-refractivity contribution in [2.75, 3.05) is 7.11 Å². The van der Waals surface area contributed by atoms with Crippen molar-refractivity contribution in [3.05, 3.63) is 27.2 Å². The predicted molar refractivity (Wildman–Crippen MR) is 90.3 cm³/mol. The highest BCUT2D eigenvalue weighted by atomic mass is 79.9. The lowest BCUT2D eigenvalue weighted by atomic mass is 9.84. The fraction of sp³-hybridized carbons (Fsp3) is 0.611. The molecule has 1 aromatic rings. The first-order valence-electron chi connectivity index (χ1n) is 7.94. The van der Waals surface area contributed by atoms with E-state index in [0.29, 0.717) is 0 Å². The van der Waals surface area contributed by atoms with Gasteiger partial charge in [-0.3, -0.25) is 4.79 Å². The fourth-order valence-corrected chi connectivity index (χ4v) is 3.87. The highest BCUT2D eigenvalue weighted by Gasteiger charge is 2.26. The number of carbonyl (C=O) groups excluding carboxylic acids is 1. The average molecular weight is 353 g/mol. The highest BCUT2D eigenvalue weighted by Crippen LogP contribution is 2.36. The van der Waals surface area contributed by atoms with E-state index >= 15 is 0 Å². The molecule has 0 heterocycles. The van der Waals surface area contributed by atoms with E-state index in [9.17, 15) is 4.79 Å². The standard InChI is InChI=1S/C18H25BrO2/c1-12-11-15(19)13(2)16(18(12)21-3)17(20)14-9-7-5-4-6-8-10-14/h11,14H,4-10H2,1-3H3. The number of benzene rings is 1. The first-order valence-corrected chi connectivity index (χ1v) is 8.73. The van der Waals surface area contributed by atoms with Gasteiger partial charge in [0.1, 0.15) is 5.75 Å². The molecule has 0 aliphatic heterocycles. The molecule has 2 nitrogen and oxygen atoms in total. The van der Waals surface area contributed by atoms with Crippen molar-refractivity contribution in [2.45, 2.75) is 58.8 Å². The number of hydrogen-bond donors (Lipinski definition) is 0. The van der Waals surface area contributed by atoms with E-state index in [1.807, 2.05) is 19.9 Å². The Morgan fingerprint density at radius 3 is 2.29 bits per heavy atom. The van der Waals surface area contributed by atoms with Gasteiger partial charge in [-0.15, -0.1) is 0 Å². The number of halogens is 1. The third kappa shape index (κ3) is 3.68. The number of rotatable bonds is 3. The van der Waals surface area contributed by atoms with Crippen LogP contribution in [0.15, 0.2) is 10.5 Å². The molecule has 0 spiro atoms. The summed E-state index contributed by atoms with van der Waals surface area (Å²) in [6, 6.07) is 2.03. The van der Waals surface area contributed by atoms with Crippen LogP contribution in [0.2, 0.25) is 0 Å². The molecule has 1 fully saturated rings. The van der Waals surface area contributed by atoms with E-state index in [1.165, 1.54) is 32.1 Å². The van der Waals surface area contributed by atoms with Gasteiger partial charge in [-0.25, -0.2) is 0 Å². The van der Waals surface area contributed by atoms with Crippen molar-refractivity contribution in [1.82, 2.24) is 0 Å². The van der Waals surface area contributed by atoms with Gasteiger partial charge in [-0.2, -0.15) is 0 Å². The molecule has 0 unspecified atom stereocenters. The summed E-state index contributed by atoms with van der Waals surface area (Å²) in [5.41, 5.74) is 2.81. The van der Waals surface area contributed by atoms with E-state index in [-0.39, 0.29) is 11.7 Å². The molecule has 1 aromatic carbocycles. The quantitative estimate of drug-likeness (QED) is 0.660. The van der Waals surface area contributed by atoms with Gasteiger partial charge in [-0.1, -0.05) is 48.0 Å². The van der Waals surface area contributed by atoms with Crippen LogP contribution in [0.4, 0.5) is 0 Å². The van der Waals surface area contributed by atoms with Crippen molar-refractivity contribution in [1.29, 1.82) is 0 Å². The van der Waals surface area contributed by atoms with Gasteiger partial charge in [0.25, 0.3) is 0 Å². The molecular formula is C18H25BrO2. The summed E-state index contributed by atoms with van der Waals surface area (Å²) in [6.45, 7) is 4.00. The molecule has 1 aliphatic rings. The summed E-state index contributed by atoms with van der Waals surface area (Å²) in [5, 5.41) is 0. The minimum absolute atomic E-state index is 0.159. The van der Waals surface area contributed by atoms with Gasteiger partial charge in [-0.05, 0) is 43.9 Å². The first kappa shape index (κ1) is 16.5. The summed E-state index contributed by atoms with van der Waals surface area (Å²) in [4.78, 5) is 13.1. The average Bonchev–Trinajstić information content (AvgIpc) is 2.41. The number of carbonyl (C=O) groups is 1. The van der Waals surface area contributed by atoms with E-state index in [0.717, 1.165) is 39.8 Å². The molecule has 0 amide bonds. The number of Topliss-reactive ketones (excluding diaryl/α,β-unsaturated/α-hetero) is 1. The van der Waals surface area contributed by atoms with Crippen LogP contribution in [0, 0.1) is 19.8 Å². The lowest BCUT2D eigenvalue weighted by Gasteiger charge is -2.22. The van der Waals surface area contributed by atoms with Gasteiger partial charge in [0, 0.05) is 10.4 Å². The van der Waals surface area contributed by atoms with Gasteiger partial charge in [0.15, 0.2) is 5.78 Å². The summed E-state index contributed by atoms with van der Waals surface area (Å²) in [7, 11) is 1.66. The second-order valence-electron chi connectivity index (χ2n) is 6.11. The number of methoxy groups -OCH3 is 1. The van der Waals surface area contributed by atoms with Crippen LogP contribution in [0.25, 0.3) is 0 Å². The smallest absolute Gasteiger partial charge is 0.169 e. The normalized spacial score (nSPS) is 17.1. The lowest BCUT2D eigenvalue weighted by molar-refractivity contribution is 0.0894. The second-order valence-corrected chi connectivity index (χ2v) is 6.97. The van der Waals surface area contributed by atoms with Gasteiger partial charge >= 0.3 is 0 Å². The molecule has 1 aliphatic carbocycles. The number of ether oxygens (including phenoxy) is 1. The Morgan fingerprint density at radius 2 is 1.71 bits per heavy atom. The van der Waals surface area contributed by atoms with Crippen LogP contribution in [0.5, 0.6) is 5.75 Å². The van der Waals surface area contributed by atoms with E-state index < -0.39 is 0 Å². The number of aryl methyl sites for hydroxylation is 1. The minimum Gasteiger partial charge on any atom is -0.496 e. The third-order valence-electron chi connectivity index (χ3n) is 4.59. The van der Waals surface area contributed by atoms with Gasteiger partial charge in [0.2, 0.25) is 0 Å². The Bertz CT molecular complexity index is 514. The van der Waals surface area contributed by atoms with E-state index in [2.05, 4.69) is 15.9 Å². The summed E-state index contributed by atoms with van der Waals surface area (Å²) in [6.07, 6.45) is 8.23. The molecule has 0 radical (unpaired) electrons. The van der Waals surface area contributed by atoms with Crippen LogP contribution in [0.3, 0.4) is 0 Å². The predicted octanol–water partition coefficient (Wildman–Crippen LogP) is 5.62. The van der Waals surface area contributed by atoms with Crippen molar-refractivity contribution < 1.29 is 9.53 Å². The Kier molecular flexibility index (Phi) is 5.86. The molecule has 0 saturated heterocycles. The van der Waals surface area contributed by atoms with Crippen LogP contribution < -0.4 is 4.74 Å². The summed E-state index contributed by atoms with van der Waals surface area (Å²) >= 11 is 3.57. The molecule has 1 saturated carbocycles. The van der Waals surface area contributed by atoms with Gasteiger partial charge < -0.3 is 4.74 Å². The minimum atomic E-state index is 0.159. The summed E-state index contributed by atoms with van der Waals surface area (Å²) in [5.74, 6) is 1.19. The Labute approximate surface area is 136 Å². The zero-order chi connectivity index (χ0) is 15.4. The molecule has 21 heavy (non-hydrogen) atoms. The van der Waals surface area contributed by atoms with Gasteiger partial charge in [0.05, 0.1) is 12.7 Å². The van der Waals surface area contributed by atoms with Crippen LogP contribution in [0.1, 0.15) is 66.4 Å². The molecule has 2 rings (SSSR count). The maximum absolute atomic E-state index is 13.1. The zero-order valence-corrected chi connectivity index (χ0v) is 14.9. The third-order valence-corrected chi connectivity index (χ3v) is 5.41. The number of hydrogen-bond acceptors (Lipinski definition) is 2. The van der Waals surface area contributed by atoms with E-state index in [1.54, 1.807) is 7.11 Å². The largest absolute Gasteiger partial charge is 0.496 e. The first-order chi connectivity index (χ1) is 10.1. The maximum atomic E-state index is 13.1. The SMILES string of the molecule is COc1c(C)cc(Br)c(C)c1C(=O)C1CCCCCCC1. The molecule has 0 bridgehead atoms. The van der Waals surface area contributed by atoms with Crippen molar-refractivity contribution in [3.63, 3.8) is 0 Å². The van der Waals surface area contributed by atoms with E-state index in [4.69, 9.17) is 4.74 Å². The Balaban J connectivity index is 2.37. The topological polar surface area (TPSA) is 26.3 Å². The van der Waals surface area contributed by atoms with Crippen LogP contribution in [-0.2, 0) is 0 Å². The van der Waals surface area contributed by atoms with Crippen molar-refractivity contribution in [2.24, 2.45) is 5.92 Å². The second kappa shape index (κ2) is 7.44. The van der Waals surface area contributed by atoms with Crippen molar-refractivity contribution >= 4 is 21.7 Å². The molecule has 0 N–H and O–H groups in total. The zero-order valence-electron chi connectivity index (χ0n) is 13.3. The highest BCUT2D eigenvalue weighted by molar-refractivity contribution is 9.10. The fourth-order valence-electron chi connectivity index (χ4n) is 3.33. The Hall–Kier alpha value is -0.830. The van der Waals surface area contributed by atoms with Crippen LogP contribution in [-0.4, -0.2) is 12.9 Å². The molecular weight excluding hydrogens is 328 g/mol. The molecule has 0 aromatic heterocycles. The van der Waals surface area contributed by atoms with Crippen LogP contribution >= 0.6 is 15.9 Å². The lowest BCUT2D eigenvalue weighted by Crippen LogP contribution is -2.19. The molecule has 0 atom stereocenters.